The maximum Gasteiger partial charge on any atom is 0.336 e. The van der Waals surface area contributed by atoms with Crippen LogP contribution in [0, 0.1) is 17.0 Å². The van der Waals surface area contributed by atoms with Crippen LogP contribution in [0.3, 0.4) is 0 Å². The van der Waals surface area contributed by atoms with Crippen molar-refractivity contribution in [3.8, 4) is 28.2 Å². The minimum Gasteiger partial charge on any atom is -0.506 e. The summed E-state index contributed by atoms with van der Waals surface area (Å²) in [5.74, 6) is -1.29. The molecule has 0 bridgehead atoms. The van der Waals surface area contributed by atoms with Gasteiger partial charge in [0.15, 0.2) is 11.3 Å². The van der Waals surface area contributed by atoms with Gasteiger partial charge in [-0.05, 0) is 62.0 Å². The second-order valence-corrected chi connectivity index (χ2v) is 8.32. The van der Waals surface area contributed by atoms with E-state index in [2.05, 4.69) is 31.9 Å². The van der Waals surface area contributed by atoms with Crippen LogP contribution in [0.5, 0.6) is 5.75 Å². The van der Waals surface area contributed by atoms with E-state index in [0.717, 1.165) is 6.07 Å². The number of non-ortho nitro benzene ring substituents is 1. The summed E-state index contributed by atoms with van der Waals surface area (Å²) in [5, 5.41) is 32.0. The molecular formula is C21H11Br2NO7. The predicted octanol–water partition coefficient (Wildman–Crippen LogP) is 5.71. The van der Waals surface area contributed by atoms with Crippen LogP contribution >= 0.6 is 31.9 Å². The van der Waals surface area contributed by atoms with E-state index in [-0.39, 0.29) is 42.7 Å². The molecule has 0 radical (unpaired) electrons. The molecule has 2 aromatic carbocycles. The van der Waals surface area contributed by atoms with Gasteiger partial charge in [0.05, 0.1) is 10.5 Å². The first-order valence-corrected chi connectivity index (χ1v) is 10.3. The van der Waals surface area contributed by atoms with Gasteiger partial charge in [0.1, 0.15) is 14.7 Å². The number of hydrogen-bond acceptors (Lipinski definition) is 6. The molecule has 0 aromatic heterocycles. The molecule has 8 nitrogen and oxygen atoms in total. The Labute approximate surface area is 190 Å². The highest BCUT2D eigenvalue weighted by Crippen LogP contribution is 2.48. The monoisotopic (exact) mass is 547 g/mol. The standard InChI is InChI=1S/C21H11Br2NO7/c1-8-6-11-14(9-4-2-3-5-10(9)21(27)28)12-7-13(24(29)30)18(26)16(23)20(12)31-19(11)15(22)17(8)25/h2-7,25H,1H3,(H,27,28). The number of phenols is 1. The third-order valence-electron chi connectivity index (χ3n) is 4.91. The molecule has 0 saturated heterocycles. The highest BCUT2D eigenvalue weighted by Gasteiger charge is 2.30. The van der Waals surface area contributed by atoms with Gasteiger partial charge in [0, 0.05) is 22.6 Å². The van der Waals surface area contributed by atoms with Crippen molar-refractivity contribution >= 4 is 54.5 Å². The molecule has 2 aromatic rings. The lowest BCUT2D eigenvalue weighted by Crippen LogP contribution is -2.11. The smallest absolute Gasteiger partial charge is 0.336 e. The van der Waals surface area contributed by atoms with E-state index >= 15 is 0 Å². The van der Waals surface area contributed by atoms with Crippen LogP contribution in [-0.2, 0) is 0 Å². The van der Waals surface area contributed by atoms with Crippen molar-refractivity contribution < 1.29 is 24.3 Å². The molecule has 0 atom stereocenters. The largest absolute Gasteiger partial charge is 0.506 e. The molecule has 0 unspecified atom stereocenters. The molecule has 2 aliphatic rings. The van der Waals surface area contributed by atoms with Gasteiger partial charge in [-0.1, -0.05) is 18.2 Å². The lowest BCUT2D eigenvalue weighted by atomic mass is 9.90. The van der Waals surface area contributed by atoms with Crippen LogP contribution < -0.4 is 5.43 Å². The first-order valence-electron chi connectivity index (χ1n) is 8.71. The molecule has 156 valence electrons. The number of carboxylic acids is 1. The molecule has 1 aliphatic heterocycles. The highest BCUT2D eigenvalue weighted by molar-refractivity contribution is 9.11. The Morgan fingerprint density at radius 2 is 1.81 bits per heavy atom. The summed E-state index contributed by atoms with van der Waals surface area (Å²) in [4.78, 5) is 35.1. The van der Waals surface area contributed by atoms with Crippen molar-refractivity contribution in [1.82, 2.24) is 0 Å². The van der Waals surface area contributed by atoms with Gasteiger partial charge in [0.25, 0.3) is 5.43 Å². The van der Waals surface area contributed by atoms with E-state index in [0.29, 0.717) is 16.5 Å². The minimum atomic E-state index is -1.19. The summed E-state index contributed by atoms with van der Waals surface area (Å²) in [6.07, 6.45) is 0. The zero-order valence-electron chi connectivity index (χ0n) is 15.6. The number of benzene rings is 3. The summed E-state index contributed by atoms with van der Waals surface area (Å²) in [7, 11) is 0. The maximum absolute atomic E-state index is 12.5. The van der Waals surface area contributed by atoms with Crippen LogP contribution in [0.4, 0.5) is 5.69 Å². The second-order valence-electron chi connectivity index (χ2n) is 6.73. The Hall–Kier alpha value is -3.24. The first-order chi connectivity index (χ1) is 14.6. The first kappa shape index (κ1) is 21.0. The molecule has 0 spiro atoms. The molecule has 0 fully saturated rings. The lowest BCUT2D eigenvalue weighted by molar-refractivity contribution is -0.386. The van der Waals surface area contributed by atoms with E-state index in [1.165, 1.54) is 6.07 Å². The molecule has 0 saturated carbocycles. The van der Waals surface area contributed by atoms with Gasteiger partial charge >= 0.3 is 11.7 Å². The predicted molar refractivity (Wildman–Crippen MR) is 120 cm³/mol. The fraction of sp³-hybridized carbons (Fsp3) is 0.0476. The SMILES string of the molecule is Cc1cc2c(-c3ccccc3C(=O)O)c3cc([N+](=O)[O-])c(=O)c(Br)c-3oc2c(Br)c1O. The number of fused-ring (bicyclic) bond motifs is 2. The van der Waals surface area contributed by atoms with Crippen LogP contribution in [0.25, 0.3) is 33.4 Å². The molecule has 4 rings (SSSR count). The third-order valence-corrected chi connectivity index (χ3v) is 6.37. The minimum absolute atomic E-state index is 0.0118. The van der Waals surface area contributed by atoms with E-state index in [1.807, 2.05) is 0 Å². The Balaban J connectivity index is 2.35. The van der Waals surface area contributed by atoms with Gasteiger partial charge in [-0.2, -0.15) is 0 Å². The quantitative estimate of drug-likeness (QED) is 0.190. The van der Waals surface area contributed by atoms with Crippen molar-refractivity contribution in [2.24, 2.45) is 0 Å². The molecule has 2 N–H and O–H groups in total. The Morgan fingerprint density at radius 1 is 1.13 bits per heavy atom. The normalized spacial score (nSPS) is 11.2. The molecule has 10 heteroatoms. The average molecular weight is 549 g/mol. The number of halogens is 2. The summed E-state index contributed by atoms with van der Waals surface area (Å²) in [6, 6.07) is 8.85. The third kappa shape index (κ3) is 3.19. The van der Waals surface area contributed by atoms with Gasteiger partial charge in [-0.3, -0.25) is 14.9 Å². The molecular weight excluding hydrogens is 538 g/mol. The van der Waals surface area contributed by atoms with Crippen molar-refractivity contribution in [2.45, 2.75) is 6.92 Å². The number of aromatic carboxylic acids is 1. The average Bonchev–Trinajstić information content (AvgIpc) is 2.73. The number of nitro benzene ring substituents is 1. The zero-order chi connectivity index (χ0) is 22.6. The lowest BCUT2D eigenvalue weighted by Gasteiger charge is -2.19. The number of aryl methyl sites for hydroxylation is 1. The molecule has 31 heavy (non-hydrogen) atoms. The van der Waals surface area contributed by atoms with Crippen molar-refractivity contribution in [2.75, 3.05) is 0 Å². The van der Waals surface area contributed by atoms with E-state index in [9.17, 15) is 29.9 Å². The number of aromatic hydroxyl groups is 1. The second kappa shape index (κ2) is 7.47. The van der Waals surface area contributed by atoms with Crippen molar-refractivity contribution in [3.05, 3.63) is 76.8 Å². The molecule has 1 heterocycles. The van der Waals surface area contributed by atoms with Gasteiger partial charge < -0.3 is 14.6 Å². The van der Waals surface area contributed by atoms with E-state index in [1.54, 1.807) is 31.2 Å². The highest BCUT2D eigenvalue weighted by atomic mass is 79.9. The molecule has 1 aliphatic carbocycles. The maximum atomic E-state index is 12.5. The van der Waals surface area contributed by atoms with Gasteiger partial charge in [-0.15, -0.1) is 0 Å². The molecule has 0 amide bonds. The summed E-state index contributed by atoms with van der Waals surface area (Å²) < 4.78 is 5.92. The number of nitrogens with zero attached hydrogens (tertiary/aromatic N) is 1. The zero-order valence-corrected chi connectivity index (χ0v) is 18.8. The topological polar surface area (TPSA) is 131 Å². The van der Waals surface area contributed by atoms with Crippen LogP contribution in [0.2, 0.25) is 0 Å². The summed E-state index contributed by atoms with van der Waals surface area (Å²) in [5.41, 5.74) is -0.209. The fourth-order valence-corrected chi connectivity index (χ4v) is 4.59. The number of nitro groups is 1. The Bertz CT molecular complexity index is 1460. The Morgan fingerprint density at radius 3 is 2.45 bits per heavy atom. The Kier molecular flexibility index (Phi) is 5.06. The van der Waals surface area contributed by atoms with Crippen molar-refractivity contribution in [1.29, 1.82) is 0 Å². The van der Waals surface area contributed by atoms with Crippen LogP contribution in [0.15, 0.2) is 54.6 Å². The van der Waals surface area contributed by atoms with Crippen molar-refractivity contribution in [3.63, 3.8) is 0 Å². The van der Waals surface area contributed by atoms with Crippen LogP contribution in [-0.4, -0.2) is 21.1 Å². The number of rotatable bonds is 3. The van der Waals surface area contributed by atoms with Crippen LogP contribution in [0.1, 0.15) is 15.9 Å². The van der Waals surface area contributed by atoms with E-state index < -0.39 is 22.0 Å². The fourth-order valence-electron chi connectivity index (χ4n) is 3.48. The van der Waals surface area contributed by atoms with E-state index in [4.69, 9.17) is 4.42 Å². The van der Waals surface area contributed by atoms with Gasteiger partial charge in [-0.25, -0.2) is 4.79 Å². The number of phenolic OH excluding ortho intramolecular Hbond substituents is 1. The van der Waals surface area contributed by atoms with Gasteiger partial charge in [0.2, 0.25) is 0 Å². The summed E-state index contributed by atoms with van der Waals surface area (Å²) in [6.45, 7) is 1.65. The number of hydrogen-bond donors (Lipinski definition) is 2. The summed E-state index contributed by atoms with van der Waals surface area (Å²) >= 11 is 6.38. The number of carbonyl (C=O) groups is 1. The number of carboxylic acid groups (broad SMARTS) is 1.